The van der Waals surface area contributed by atoms with Gasteiger partial charge in [0.05, 0.1) is 15.6 Å². The minimum atomic E-state index is -1.02. The first-order valence-corrected chi connectivity index (χ1v) is 6.57. The fourth-order valence-corrected chi connectivity index (χ4v) is 2.47. The molecule has 0 saturated carbocycles. The van der Waals surface area contributed by atoms with Gasteiger partial charge < -0.3 is 5.11 Å². The van der Waals surface area contributed by atoms with E-state index in [1.807, 2.05) is 0 Å². The maximum absolute atomic E-state index is 13.4. The number of pyridine rings is 1. The van der Waals surface area contributed by atoms with E-state index in [9.17, 15) is 13.9 Å². The summed E-state index contributed by atoms with van der Waals surface area (Å²) in [4.78, 5) is 3.84. The second-order valence-electron chi connectivity index (χ2n) is 3.95. The van der Waals surface area contributed by atoms with Crippen molar-refractivity contribution in [1.82, 2.24) is 4.98 Å². The van der Waals surface area contributed by atoms with E-state index in [1.165, 1.54) is 12.3 Å². The summed E-state index contributed by atoms with van der Waals surface area (Å²) in [5.74, 6) is -1.98. The molecule has 2 aromatic rings. The number of halogens is 4. The van der Waals surface area contributed by atoms with Crippen molar-refractivity contribution in [2.45, 2.75) is 12.5 Å². The summed E-state index contributed by atoms with van der Waals surface area (Å²) in [6.45, 7) is 0. The fourth-order valence-electron chi connectivity index (χ4n) is 1.69. The Morgan fingerprint density at radius 1 is 1.32 bits per heavy atom. The maximum atomic E-state index is 13.4. The Morgan fingerprint density at radius 2 is 2.05 bits per heavy atom. The van der Waals surface area contributed by atoms with Crippen LogP contribution in [0.15, 0.2) is 35.1 Å². The molecule has 0 amide bonds. The molecule has 0 bridgehead atoms. The molecule has 1 aromatic heterocycles. The highest BCUT2D eigenvalue weighted by atomic mass is 79.9. The lowest BCUT2D eigenvalue weighted by molar-refractivity contribution is 0.177. The van der Waals surface area contributed by atoms with E-state index in [-0.39, 0.29) is 16.5 Å². The van der Waals surface area contributed by atoms with Gasteiger partial charge in [-0.2, -0.15) is 0 Å². The summed E-state index contributed by atoms with van der Waals surface area (Å²) in [6, 6.07) is 3.98. The van der Waals surface area contributed by atoms with Gasteiger partial charge in [-0.3, -0.25) is 4.98 Å². The van der Waals surface area contributed by atoms with Crippen molar-refractivity contribution in [3.05, 3.63) is 62.8 Å². The number of hydrogen-bond acceptors (Lipinski definition) is 2. The Morgan fingerprint density at radius 3 is 2.74 bits per heavy atom. The first-order chi connectivity index (χ1) is 9.00. The molecule has 0 aliphatic rings. The van der Waals surface area contributed by atoms with Crippen molar-refractivity contribution in [3.8, 4) is 0 Å². The summed E-state index contributed by atoms with van der Waals surface area (Å²) in [6.07, 6.45) is 2.20. The Balaban J connectivity index is 2.28. The summed E-state index contributed by atoms with van der Waals surface area (Å²) < 4.78 is 26.3. The van der Waals surface area contributed by atoms with Gasteiger partial charge in [0.1, 0.15) is 0 Å². The SMILES string of the molecule is OC(Cc1ccncc1Cl)c1ccc(F)c(F)c1Br. The van der Waals surface area contributed by atoms with Crippen molar-refractivity contribution < 1.29 is 13.9 Å². The standard InChI is InChI=1S/C13H9BrClF2NO/c14-12-8(1-2-10(16)13(12)17)11(19)5-7-3-4-18-6-9(7)15/h1-4,6,11,19H,5H2. The van der Waals surface area contributed by atoms with Crippen LogP contribution in [0.4, 0.5) is 8.78 Å². The second kappa shape index (κ2) is 5.94. The van der Waals surface area contributed by atoms with Crippen LogP contribution in [0.1, 0.15) is 17.2 Å². The summed E-state index contributed by atoms with van der Waals surface area (Å²) in [5, 5.41) is 10.5. The zero-order valence-electron chi connectivity index (χ0n) is 9.58. The third-order valence-corrected chi connectivity index (χ3v) is 3.84. The van der Waals surface area contributed by atoms with E-state index in [1.54, 1.807) is 12.3 Å². The Bertz CT molecular complexity index is 609. The van der Waals surface area contributed by atoms with Crippen LogP contribution in [0.5, 0.6) is 0 Å². The van der Waals surface area contributed by atoms with Crippen LogP contribution in [0.3, 0.4) is 0 Å². The molecule has 0 aliphatic heterocycles. The highest BCUT2D eigenvalue weighted by Gasteiger charge is 2.18. The van der Waals surface area contributed by atoms with Gasteiger partial charge >= 0.3 is 0 Å². The van der Waals surface area contributed by atoms with Gasteiger partial charge in [0.15, 0.2) is 11.6 Å². The van der Waals surface area contributed by atoms with E-state index >= 15 is 0 Å². The zero-order valence-corrected chi connectivity index (χ0v) is 11.9. The highest BCUT2D eigenvalue weighted by Crippen LogP contribution is 2.30. The molecule has 1 heterocycles. The van der Waals surface area contributed by atoms with Crippen molar-refractivity contribution in [2.75, 3.05) is 0 Å². The minimum Gasteiger partial charge on any atom is -0.388 e. The Labute approximate surface area is 122 Å². The Kier molecular flexibility index (Phi) is 4.50. The van der Waals surface area contributed by atoms with Crippen LogP contribution >= 0.6 is 27.5 Å². The normalized spacial score (nSPS) is 12.5. The number of aliphatic hydroxyl groups excluding tert-OH is 1. The molecule has 100 valence electrons. The molecular formula is C13H9BrClF2NO. The van der Waals surface area contributed by atoms with Crippen LogP contribution in [-0.2, 0) is 6.42 Å². The number of nitrogens with zero attached hydrogens (tertiary/aromatic N) is 1. The number of rotatable bonds is 3. The predicted octanol–water partition coefficient (Wildman–Crippen LogP) is 4.05. The summed E-state index contributed by atoms with van der Waals surface area (Å²) in [5.41, 5.74) is 0.951. The summed E-state index contributed by atoms with van der Waals surface area (Å²) in [7, 11) is 0. The van der Waals surface area contributed by atoms with Gasteiger partial charge in [0.25, 0.3) is 0 Å². The van der Waals surface area contributed by atoms with E-state index < -0.39 is 17.7 Å². The lowest BCUT2D eigenvalue weighted by Gasteiger charge is -2.14. The molecule has 0 spiro atoms. The van der Waals surface area contributed by atoms with Crippen molar-refractivity contribution in [2.24, 2.45) is 0 Å². The molecule has 2 nitrogen and oxygen atoms in total. The largest absolute Gasteiger partial charge is 0.388 e. The van der Waals surface area contributed by atoms with Crippen molar-refractivity contribution in [3.63, 3.8) is 0 Å². The van der Waals surface area contributed by atoms with E-state index in [0.29, 0.717) is 10.6 Å². The first kappa shape index (κ1) is 14.4. The second-order valence-corrected chi connectivity index (χ2v) is 5.15. The van der Waals surface area contributed by atoms with Gasteiger partial charge in [-0.05, 0) is 39.2 Å². The molecule has 0 saturated heterocycles. The van der Waals surface area contributed by atoms with Crippen LogP contribution in [0.2, 0.25) is 5.02 Å². The molecule has 1 atom stereocenters. The topological polar surface area (TPSA) is 33.1 Å². The average Bonchev–Trinajstić information content (AvgIpc) is 2.39. The monoisotopic (exact) mass is 347 g/mol. The van der Waals surface area contributed by atoms with Crippen LogP contribution in [0, 0.1) is 11.6 Å². The number of benzene rings is 1. The number of aliphatic hydroxyl groups is 1. The van der Waals surface area contributed by atoms with Gasteiger partial charge in [-0.25, -0.2) is 8.78 Å². The van der Waals surface area contributed by atoms with E-state index in [0.717, 1.165) is 6.07 Å². The van der Waals surface area contributed by atoms with E-state index in [4.69, 9.17) is 11.6 Å². The zero-order chi connectivity index (χ0) is 14.0. The Hall–Kier alpha value is -1.04. The van der Waals surface area contributed by atoms with Crippen molar-refractivity contribution >= 4 is 27.5 Å². The fraction of sp³-hybridized carbons (Fsp3) is 0.154. The van der Waals surface area contributed by atoms with Gasteiger partial charge in [-0.15, -0.1) is 0 Å². The van der Waals surface area contributed by atoms with Crippen LogP contribution < -0.4 is 0 Å². The molecule has 2 rings (SSSR count). The molecule has 0 fully saturated rings. The average molecular weight is 349 g/mol. The smallest absolute Gasteiger partial charge is 0.173 e. The van der Waals surface area contributed by atoms with E-state index in [2.05, 4.69) is 20.9 Å². The van der Waals surface area contributed by atoms with Gasteiger partial charge in [0, 0.05) is 18.8 Å². The van der Waals surface area contributed by atoms with Crippen LogP contribution in [-0.4, -0.2) is 10.1 Å². The van der Waals surface area contributed by atoms with Crippen molar-refractivity contribution in [1.29, 1.82) is 0 Å². The molecule has 19 heavy (non-hydrogen) atoms. The third-order valence-electron chi connectivity index (χ3n) is 2.69. The quantitative estimate of drug-likeness (QED) is 0.849. The molecular weight excluding hydrogens is 340 g/mol. The molecule has 1 unspecified atom stereocenters. The van der Waals surface area contributed by atoms with Crippen LogP contribution in [0.25, 0.3) is 0 Å². The lowest BCUT2D eigenvalue weighted by atomic mass is 10.0. The maximum Gasteiger partial charge on any atom is 0.173 e. The minimum absolute atomic E-state index is 0.0785. The first-order valence-electron chi connectivity index (χ1n) is 5.40. The van der Waals surface area contributed by atoms with Gasteiger partial charge in [-0.1, -0.05) is 17.7 Å². The molecule has 6 heteroatoms. The summed E-state index contributed by atoms with van der Waals surface area (Å²) >= 11 is 8.88. The molecule has 1 aromatic carbocycles. The lowest BCUT2D eigenvalue weighted by Crippen LogP contribution is -2.05. The van der Waals surface area contributed by atoms with Gasteiger partial charge in [0.2, 0.25) is 0 Å². The highest BCUT2D eigenvalue weighted by molar-refractivity contribution is 9.10. The molecule has 0 aliphatic carbocycles. The predicted molar refractivity (Wildman–Crippen MR) is 72.0 cm³/mol. The number of hydrogen-bond donors (Lipinski definition) is 1. The third kappa shape index (κ3) is 3.11. The molecule has 0 radical (unpaired) electrons. The molecule has 1 N–H and O–H groups in total. The number of aromatic nitrogens is 1.